The zero-order valence-corrected chi connectivity index (χ0v) is 6.67. The molecule has 0 saturated heterocycles. The number of hydrogen-bond acceptors (Lipinski definition) is 1. The summed E-state index contributed by atoms with van der Waals surface area (Å²) in [5.41, 5.74) is 0. The van der Waals surface area contributed by atoms with Crippen LogP contribution in [0.2, 0.25) is 0 Å². The van der Waals surface area contributed by atoms with Gasteiger partial charge in [-0.1, -0.05) is 0 Å². The molecule has 3 N–H and O–H groups in total. The van der Waals surface area contributed by atoms with Crippen LogP contribution in [0.15, 0.2) is 0 Å². The molecule has 0 bridgehead atoms. The van der Waals surface area contributed by atoms with Crippen molar-refractivity contribution >= 4 is 7.82 Å². The van der Waals surface area contributed by atoms with Crippen LogP contribution in [0.5, 0.6) is 0 Å². The Morgan fingerprint density at radius 1 is 1.22 bits per heavy atom. The van der Waals surface area contributed by atoms with Gasteiger partial charge in [-0.25, -0.2) is 4.57 Å². The molecule has 0 fully saturated rings. The van der Waals surface area contributed by atoms with E-state index in [2.05, 4.69) is 0 Å². The molecule has 0 aromatic rings. The first-order valence-corrected chi connectivity index (χ1v) is 3.50. The Bertz CT molecular complexity index is 71.6. The van der Waals surface area contributed by atoms with E-state index >= 15 is 0 Å². The van der Waals surface area contributed by atoms with Crippen molar-refractivity contribution in [3.05, 3.63) is 6.42 Å². The van der Waals surface area contributed by atoms with Gasteiger partial charge < -0.3 is 21.1 Å². The number of phosphoric acid groups is 1. The summed E-state index contributed by atoms with van der Waals surface area (Å²) in [6.07, 6.45) is 2.00. The second kappa shape index (κ2) is 8.71. The van der Waals surface area contributed by atoms with Gasteiger partial charge >= 0.3 is 26.7 Å². The van der Waals surface area contributed by atoms with Gasteiger partial charge in [-0.3, -0.25) is 0 Å². The summed E-state index contributed by atoms with van der Waals surface area (Å²) in [4.78, 5) is 21.6. The molecule has 0 unspecified atom stereocenters. The van der Waals surface area contributed by atoms with Crippen LogP contribution in [0.25, 0.3) is 0 Å². The zero-order chi connectivity index (χ0) is 7.21. The molecule has 6 heteroatoms. The smallest absolute Gasteiger partial charge is 0.335 e. The molecule has 0 aromatic heterocycles. The maximum absolute atomic E-state index is 8.88. The standard InChI is InChI=1S/C3H7.Li.H3O4P/c1-3-2;;1-5(2,3)4/h3H,1-2H3;;(H3,1,2,3,4)/q-1;+1;. The fourth-order valence-corrected chi connectivity index (χ4v) is 0. The first-order chi connectivity index (χ1) is 3.41. The van der Waals surface area contributed by atoms with Crippen molar-refractivity contribution in [3.63, 3.8) is 0 Å². The first kappa shape index (κ1) is 16.4. The molecule has 0 saturated carbocycles. The molecule has 0 amide bonds. The van der Waals surface area contributed by atoms with Crippen LogP contribution in [-0.2, 0) is 4.57 Å². The van der Waals surface area contributed by atoms with Gasteiger partial charge in [-0.15, -0.1) is 0 Å². The van der Waals surface area contributed by atoms with E-state index in [1.54, 1.807) is 0 Å². The van der Waals surface area contributed by atoms with E-state index in [1.165, 1.54) is 0 Å². The van der Waals surface area contributed by atoms with Crippen molar-refractivity contribution in [2.45, 2.75) is 13.8 Å². The Hall–Kier alpha value is 0.707. The normalized spacial score (nSPS) is 8.56. The third-order valence-corrected chi connectivity index (χ3v) is 0. The van der Waals surface area contributed by atoms with Crippen molar-refractivity contribution < 1.29 is 38.1 Å². The third kappa shape index (κ3) is 783. The van der Waals surface area contributed by atoms with Gasteiger partial charge in [0.2, 0.25) is 0 Å². The molecule has 0 spiro atoms. The molecular formula is C3H10LiO4P. The molecule has 0 heterocycles. The van der Waals surface area contributed by atoms with Gasteiger partial charge in [-0.05, 0) is 0 Å². The summed E-state index contributed by atoms with van der Waals surface area (Å²) in [6, 6.07) is 0. The van der Waals surface area contributed by atoms with Gasteiger partial charge in [0.05, 0.1) is 0 Å². The van der Waals surface area contributed by atoms with E-state index in [1.807, 2.05) is 20.3 Å². The minimum absolute atomic E-state index is 0. The van der Waals surface area contributed by atoms with Crippen LogP contribution >= 0.6 is 7.82 Å². The van der Waals surface area contributed by atoms with Crippen LogP contribution in [0.4, 0.5) is 0 Å². The van der Waals surface area contributed by atoms with Crippen LogP contribution in [0, 0.1) is 6.42 Å². The van der Waals surface area contributed by atoms with E-state index in [9.17, 15) is 0 Å². The average Bonchev–Trinajstić information content (AvgIpc) is 1.27. The molecule has 0 atom stereocenters. The van der Waals surface area contributed by atoms with Crippen molar-refractivity contribution in [3.8, 4) is 0 Å². The van der Waals surface area contributed by atoms with Crippen molar-refractivity contribution in [2.75, 3.05) is 0 Å². The Kier molecular flexibility index (Phi) is 15.8. The van der Waals surface area contributed by atoms with E-state index in [0.29, 0.717) is 0 Å². The van der Waals surface area contributed by atoms with E-state index < -0.39 is 7.82 Å². The Labute approximate surface area is 66.7 Å². The van der Waals surface area contributed by atoms with E-state index in [4.69, 9.17) is 19.2 Å². The SMILES string of the molecule is C[CH-]C.O=P(O)(O)O.[Li+]. The topological polar surface area (TPSA) is 77.8 Å². The van der Waals surface area contributed by atoms with Gasteiger partial charge in [0.15, 0.2) is 0 Å². The average molecular weight is 148 g/mol. The maximum atomic E-state index is 8.88. The molecule has 52 valence electrons. The van der Waals surface area contributed by atoms with Gasteiger partial charge in [-0.2, -0.15) is 13.8 Å². The first-order valence-electron chi connectivity index (χ1n) is 1.94. The van der Waals surface area contributed by atoms with Crippen molar-refractivity contribution in [1.82, 2.24) is 0 Å². The van der Waals surface area contributed by atoms with Crippen molar-refractivity contribution in [1.29, 1.82) is 0 Å². The van der Waals surface area contributed by atoms with Gasteiger partial charge in [0, 0.05) is 0 Å². The summed E-state index contributed by atoms with van der Waals surface area (Å²) in [5, 5.41) is 0. The Balaban J connectivity index is -0.0000000800. The third-order valence-electron chi connectivity index (χ3n) is 0. The van der Waals surface area contributed by atoms with Crippen molar-refractivity contribution in [2.24, 2.45) is 0 Å². The van der Waals surface area contributed by atoms with Gasteiger partial charge in [0.25, 0.3) is 0 Å². The number of rotatable bonds is 0. The minimum Gasteiger partial charge on any atom is -0.335 e. The summed E-state index contributed by atoms with van der Waals surface area (Å²) in [5.74, 6) is 0. The largest absolute Gasteiger partial charge is 1.00 e. The summed E-state index contributed by atoms with van der Waals surface area (Å²) < 4.78 is 8.88. The molecule has 0 radical (unpaired) electrons. The molecule has 0 aliphatic rings. The van der Waals surface area contributed by atoms with Gasteiger partial charge in [0.1, 0.15) is 0 Å². The zero-order valence-electron chi connectivity index (χ0n) is 5.77. The summed E-state index contributed by atoms with van der Waals surface area (Å²) in [6.45, 7) is 4.00. The minimum atomic E-state index is -4.64. The molecule has 9 heavy (non-hydrogen) atoms. The second-order valence-electron chi connectivity index (χ2n) is 1.09. The maximum Gasteiger partial charge on any atom is 1.00 e. The van der Waals surface area contributed by atoms with Crippen LogP contribution in [-0.4, -0.2) is 14.7 Å². The molecule has 0 aromatic carbocycles. The molecule has 0 rings (SSSR count). The van der Waals surface area contributed by atoms with Crippen LogP contribution < -0.4 is 18.9 Å². The molecule has 0 aliphatic carbocycles. The summed E-state index contributed by atoms with van der Waals surface area (Å²) >= 11 is 0. The molecular weight excluding hydrogens is 138 g/mol. The van der Waals surface area contributed by atoms with Crippen LogP contribution in [0.1, 0.15) is 13.8 Å². The predicted octanol–water partition coefficient (Wildman–Crippen LogP) is -2.69. The van der Waals surface area contributed by atoms with E-state index in [-0.39, 0.29) is 18.9 Å². The Morgan fingerprint density at radius 2 is 1.22 bits per heavy atom. The summed E-state index contributed by atoms with van der Waals surface area (Å²) in [7, 11) is -4.64. The fraction of sp³-hybridized carbons (Fsp3) is 0.667. The number of hydrogen-bond donors (Lipinski definition) is 3. The Morgan fingerprint density at radius 3 is 1.22 bits per heavy atom. The quantitative estimate of drug-likeness (QED) is 0.198. The second-order valence-corrected chi connectivity index (χ2v) is 2.12. The van der Waals surface area contributed by atoms with Crippen LogP contribution in [0.3, 0.4) is 0 Å². The molecule has 4 nitrogen and oxygen atoms in total. The predicted molar refractivity (Wildman–Crippen MR) is 29.9 cm³/mol. The van der Waals surface area contributed by atoms with E-state index in [0.717, 1.165) is 0 Å². The monoisotopic (exact) mass is 148 g/mol. The molecule has 0 aliphatic heterocycles. The fourth-order valence-electron chi connectivity index (χ4n) is 0.